The summed E-state index contributed by atoms with van der Waals surface area (Å²) in [6.07, 6.45) is 0. The zero-order valence-corrected chi connectivity index (χ0v) is 60.4. The Morgan fingerprint density at radius 3 is 0.473 bits per heavy atom. The van der Waals surface area contributed by atoms with Gasteiger partial charge in [0.2, 0.25) is 0 Å². The van der Waals surface area contributed by atoms with Crippen molar-refractivity contribution in [3.63, 3.8) is 0 Å². The molecule has 0 aliphatic heterocycles. The van der Waals surface area contributed by atoms with Crippen LogP contribution in [-0.2, 0) is 0 Å². The van der Waals surface area contributed by atoms with Gasteiger partial charge in [-0.3, -0.25) is 0 Å². The van der Waals surface area contributed by atoms with Gasteiger partial charge in [-0.25, -0.2) is 29.9 Å². The Bertz CT molecular complexity index is 6450. The van der Waals surface area contributed by atoms with Crippen molar-refractivity contribution in [2.45, 2.75) is 0 Å². The Labute approximate surface area is 644 Å². The van der Waals surface area contributed by atoms with Crippen molar-refractivity contribution in [2.75, 3.05) is 0 Å². The summed E-state index contributed by atoms with van der Waals surface area (Å²) in [4.78, 5) is 31.8. The first kappa shape index (κ1) is 64.0. The number of rotatable bonds is 13. The van der Waals surface area contributed by atoms with Gasteiger partial charge in [-0.2, -0.15) is 0 Å². The number of hydrogen-bond acceptors (Lipinski definition) is 6. The van der Waals surface area contributed by atoms with E-state index < -0.39 is 0 Å². The first-order valence-corrected chi connectivity index (χ1v) is 37.8. The van der Waals surface area contributed by atoms with Crippen molar-refractivity contribution in [3.8, 4) is 124 Å². The van der Waals surface area contributed by atoms with E-state index in [1.54, 1.807) is 0 Å². The maximum absolute atomic E-state index is 5.31. The lowest BCUT2D eigenvalue weighted by Crippen LogP contribution is -2.01. The molecule has 0 atom stereocenters. The fraction of sp³-hybridized carbons (Fsp3) is 0. The normalized spacial score (nSPS) is 11.8. The summed E-state index contributed by atoms with van der Waals surface area (Å²) in [5.41, 5.74) is 25.1. The van der Waals surface area contributed by atoms with Crippen LogP contribution >= 0.6 is 0 Å². The van der Waals surface area contributed by atoms with Gasteiger partial charge in [-0.05, 0) is 197 Å². The van der Waals surface area contributed by atoms with Crippen LogP contribution < -0.4 is 0 Å². The minimum absolute atomic E-state index is 0.572. The molecule has 6 heterocycles. The van der Waals surface area contributed by atoms with Crippen LogP contribution in [0, 0.1) is 0 Å². The Hall–Kier alpha value is -15.3. The van der Waals surface area contributed by atoms with Gasteiger partial charge in [-0.1, -0.05) is 224 Å². The minimum Gasteiger partial charge on any atom is -0.309 e. The van der Waals surface area contributed by atoms with Crippen LogP contribution in [0.5, 0.6) is 0 Å². The lowest BCUT2D eigenvalue weighted by atomic mass is 9.92. The van der Waals surface area contributed by atoms with Gasteiger partial charge in [-0.15, -0.1) is 0 Å². The van der Waals surface area contributed by atoms with Gasteiger partial charge < -0.3 is 18.3 Å². The second-order valence-corrected chi connectivity index (χ2v) is 28.6. The third-order valence-electron chi connectivity index (χ3n) is 22.1. The maximum atomic E-state index is 5.31. The topological polar surface area (TPSA) is 97.1 Å². The molecule has 0 aliphatic rings. The van der Waals surface area contributed by atoms with Crippen LogP contribution in [0.4, 0.5) is 0 Å². The fourth-order valence-corrected chi connectivity index (χ4v) is 16.7. The molecule has 0 fully saturated rings. The Morgan fingerprint density at radius 1 is 0.125 bits per heavy atom. The van der Waals surface area contributed by atoms with E-state index in [9.17, 15) is 0 Å². The standard InChI is InChI=1S/C102H64N10/c1-2-20-65(21-3-1)74-62-75(66-38-42-68(43-39-66)97-103-99(70-46-54-77(55-47-70)109-89-30-12-4-22-81(89)82-23-5-13-31-90(82)109)107-100(104-97)71-48-56-78(57-49-71)110-91-32-14-6-24-83(91)84-25-7-15-33-92(84)110)64-76(63-74)67-40-44-69(45-41-67)98-105-101(72-50-58-79(59-51-72)111-93-34-16-8-26-85(93)86-27-9-17-35-94(86)111)108-102(106-98)73-52-60-80(61-53-73)112-95-36-18-10-28-87(95)88-29-11-19-37-96(88)112/h1-64H. The number of aromatic nitrogens is 10. The average molecular weight is 1430 g/mol. The SMILES string of the molecule is c1ccc(-c2cc(-c3ccc(-c4nc(-c5ccc(-n6c7ccccc7c7ccccc76)cc5)nc(-c5ccc(-n6c7ccccc7c7ccccc76)cc5)n4)cc3)cc(-c3ccc(-c4nc(-c5ccc(-n6c7ccccc7c7ccccc76)cc5)nc(-c5ccc(-n6c7ccccc7c7ccccc76)cc5)n4)cc3)c2)cc1. The summed E-state index contributed by atoms with van der Waals surface area (Å²) >= 11 is 0. The lowest BCUT2D eigenvalue weighted by molar-refractivity contribution is 1.07. The molecular weight excluding hydrogens is 1370 g/mol. The molecule has 22 rings (SSSR count). The Morgan fingerprint density at radius 2 is 0.277 bits per heavy atom. The summed E-state index contributed by atoms with van der Waals surface area (Å²) < 4.78 is 9.33. The molecule has 0 saturated carbocycles. The zero-order valence-electron chi connectivity index (χ0n) is 60.4. The molecule has 112 heavy (non-hydrogen) atoms. The van der Waals surface area contributed by atoms with Crippen LogP contribution in [0.3, 0.4) is 0 Å². The molecule has 0 saturated heterocycles. The summed E-state index contributed by atoms with van der Waals surface area (Å²) in [6, 6.07) is 138. The van der Waals surface area contributed by atoms with Crippen LogP contribution in [0.25, 0.3) is 212 Å². The quantitative estimate of drug-likeness (QED) is 0.114. The second-order valence-electron chi connectivity index (χ2n) is 28.6. The summed E-state index contributed by atoms with van der Waals surface area (Å²) in [6.45, 7) is 0. The number of hydrogen-bond donors (Lipinski definition) is 0. The molecule has 0 bridgehead atoms. The number of fused-ring (bicyclic) bond motifs is 12. The van der Waals surface area contributed by atoms with Crippen molar-refractivity contribution in [2.24, 2.45) is 0 Å². The Kier molecular flexibility index (Phi) is 15.0. The van der Waals surface area contributed by atoms with Crippen molar-refractivity contribution in [1.29, 1.82) is 0 Å². The summed E-state index contributed by atoms with van der Waals surface area (Å²) in [5.74, 6) is 3.46. The second kappa shape index (κ2) is 26.3. The third-order valence-corrected chi connectivity index (χ3v) is 22.1. The largest absolute Gasteiger partial charge is 0.309 e. The molecular formula is C102H64N10. The smallest absolute Gasteiger partial charge is 0.164 e. The van der Waals surface area contributed by atoms with Gasteiger partial charge in [0.25, 0.3) is 0 Å². The van der Waals surface area contributed by atoms with E-state index in [0.717, 1.165) is 134 Å². The van der Waals surface area contributed by atoms with Crippen molar-refractivity contribution in [1.82, 2.24) is 48.2 Å². The Balaban J connectivity index is 0.618. The molecule has 10 heteroatoms. The van der Waals surface area contributed by atoms with Gasteiger partial charge in [0.15, 0.2) is 34.9 Å². The molecule has 22 aromatic rings. The number of para-hydroxylation sites is 8. The van der Waals surface area contributed by atoms with E-state index in [4.69, 9.17) is 29.9 Å². The van der Waals surface area contributed by atoms with Crippen LogP contribution in [0.2, 0.25) is 0 Å². The molecule has 0 N–H and O–H groups in total. The van der Waals surface area contributed by atoms with Gasteiger partial charge in [0.1, 0.15) is 0 Å². The van der Waals surface area contributed by atoms with E-state index in [0.29, 0.717) is 34.9 Å². The van der Waals surface area contributed by atoms with E-state index in [-0.39, 0.29) is 0 Å². The predicted molar refractivity (Wildman–Crippen MR) is 459 cm³/mol. The predicted octanol–water partition coefficient (Wildman–Crippen LogP) is 25.4. The number of nitrogens with zero attached hydrogens (tertiary/aromatic N) is 10. The van der Waals surface area contributed by atoms with E-state index >= 15 is 0 Å². The molecule has 0 radical (unpaired) electrons. The first-order chi connectivity index (χ1) is 55.5. The molecule has 0 aliphatic carbocycles. The fourth-order valence-electron chi connectivity index (χ4n) is 16.7. The molecule has 6 aromatic heterocycles. The third kappa shape index (κ3) is 10.9. The highest BCUT2D eigenvalue weighted by Gasteiger charge is 2.22. The van der Waals surface area contributed by atoms with Gasteiger partial charge in [0, 0.05) is 99.2 Å². The maximum Gasteiger partial charge on any atom is 0.164 e. The minimum atomic E-state index is 0.572. The molecule has 0 amide bonds. The van der Waals surface area contributed by atoms with E-state index in [1.165, 1.54) is 43.1 Å². The van der Waals surface area contributed by atoms with Crippen molar-refractivity contribution < 1.29 is 0 Å². The average Bonchev–Trinajstić information content (AvgIpc) is 1.56. The summed E-state index contributed by atoms with van der Waals surface area (Å²) in [7, 11) is 0. The highest BCUT2D eigenvalue weighted by molar-refractivity contribution is 6.12. The van der Waals surface area contributed by atoms with E-state index in [1.807, 2.05) is 0 Å². The highest BCUT2D eigenvalue weighted by Crippen LogP contribution is 2.41. The monoisotopic (exact) mass is 1430 g/mol. The highest BCUT2D eigenvalue weighted by atomic mass is 15.1. The molecule has 10 nitrogen and oxygen atoms in total. The zero-order chi connectivity index (χ0) is 73.7. The lowest BCUT2D eigenvalue weighted by Gasteiger charge is -2.13. The van der Waals surface area contributed by atoms with Gasteiger partial charge >= 0.3 is 0 Å². The summed E-state index contributed by atoms with van der Waals surface area (Å²) in [5, 5.41) is 9.72. The molecule has 522 valence electrons. The molecule has 16 aromatic carbocycles. The van der Waals surface area contributed by atoms with Crippen molar-refractivity contribution >= 4 is 87.2 Å². The van der Waals surface area contributed by atoms with Crippen molar-refractivity contribution in [3.05, 3.63) is 388 Å². The van der Waals surface area contributed by atoms with Crippen LogP contribution in [0.1, 0.15) is 0 Å². The molecule has 0 spiro atoms. The van der Waals surface area contributed by atoms with E-state index in [2.05, 4.69) is 407 Å². The van der Waals surface area contributed by atoms with Gasteiger partial charge in [0.05, 0.1) is 44.1 Å². The number of benzene rings is 16. The van der Waals surface area contributed by atoms with Crippen LogP contribution in [0.15, 0.2) is 388 Å². The van der Waals surface area contributed by atoms with Crippen LogP contribution in [-0.4, -0.2) is 48.2 Å². The first-order valence-electron chi connectivity index (χ1n) is 37.8. The molecule has 0 unspecified atom stereocenters.